The van der Waals surface area contributed by atoms with E-state index in [0.717, 1.165) is 16.9 Å². The molecule has 0 aliphatic carbocycles. The number of nitrogens with one attached hydrogen (secondary N) is 2. The Morgan fingerprint density at radius 3 is 2.48 bits per heavy atom. The first-order valence-corrected chi connectivity index (χ1v) is 8.78. The van der Waals surface area contributed by atoms with Crippen LogP contribution in [0.5, 0.6) is 0 Å². The van der Waals surface area contributed by atoms with Gasteiger partial charge in [-0.1, -0.05) is 41.4 Å². The highest BCUT2D eigenvalue weighted by Gasteiger charge is 2.07. The number of hydrogen-bond acceptors (Lipinski definition) is 2. The summed E-state index contributed by atoms with van der Waals surface area (Å²) in [6.07, 6.45) is 0. The SMILES string of the molecule is Cc1cc(NC(=S)Nc2cccc(Cl)c2)nn1Cc1cccc(Cl)c1. The van der Waals surface area contributed by atoms with Crippen LogP contribution in [-0.2, 0) is 6.54 Å². The second-order valence-corrected chi connectivity index (χ2v) is 6.83. The zero-order valence-corrected chi connectivity index (χ0v) is 15.8. The maximum absolute atomic E-state index is 6.04. The molecule has 0 aliphatic rings. The van der Waals surface area contributed by atoms with Crippen molar-refractivity contribution in [2.45, 2.75) is 13.5 Å². The van der Waals surface area contributed by atoms with E-state index in [1.807, 2.05) is 60.1 Å². The van der Waals surface area contributed by atoms with Gasteiger partial charge in [0, 0.05) is 27.5 Å². The number of rotatable bonds is 4. The summed E-state index contributed by atoms with van der Waals surface area (Å²) < 4.78 is 1.90. The van der Waals surface area contributed by atoms with E-state index < -0.39 is 0 Å². The van der Waals surface area contributed by atoms with Crippen molar-refractivity contribution in [1.82, 2.24) is 9.78 Å². The number of benzene rings is 2. The van der Waals surface area contributed by atoms with Crippen molar-refractivity contribution in [3.05, 3.63) is 75.9 Å². The lowest BCUT2D eigenvalue weighted by Crippen LogP contribution is -2.19. The lowest BCUT2D eigenvalue weighted by molar-refractivity contribution is 0.668. The first-order chi connectivity index (χ1) is 12.0. The Morgan fingerprint density at radius 2 is 1.76 bits per heavy atom. The van der Waals surface area contributed by atoms with Crippen molar-refractivity contribution in [3.63, 3.8) is 0 Å². The van der Waals surface area contributed by atoms with Crippen molar-refractivity contribution in [2.24, 2.45) is 0 Å². The maximum Gasteiger partial charge on any atom is 0.176 e. The summed E-state index contributed by atoms with van der Waals surface area (Å²) in [6, 6.07) is 17.0. The molecule has 0 aliphatic heterocycles. The van der Waals surface area contributed by atoms with Gasteiger partial charge < -0.3 is 10.6 Å². The number of anilines is 2. The number of hydrogen-bond donors (Lipinski definition) is 2. The van der Waals surface area contributed by atoms with Gasteiger partial charge in [0.05, 0.1) is 6.54 Å². The summed E-state index contributed by atoms with van der Waals surface area (Å²) in [5.74, 6) is 0.680. The van der Waals surface area contributed by atoms with E-state index in [1.165, 1.54) is 0 Å². The summed E-state index contributed by atoms with van der Waals surface area (Å²) in [7, 11) is 0. The summed E-state index contributed by atoms with van der Waals surface area (Å²) in [5, 5.41) is 12.5. The molecular formula is C18H16Cl2N4S. The Morgan fingerprint density at radius 1 is 1.04 bits per heavy atom. The molecule has 128 valence electrons. The summed E-state index contributed by atoms with van der Waals surface area (Å²) in [5.41, 5.74) is 2.93. The minimum atomic E-state index is 0.453. The largest absolute Gasteiger partial charge is 0.332 e. The Hall–Kier alpha value is -2.08. The summed E-state index contributed by atoms with van der Waals surface area (Å²) in [6.45, 7) is 2.64. The quantitative estimate of drug-likeness (QED) is 0.588. The van der Waals surface area contributed by atoms with E-state index in [4.69, 9.17) is 35.4 Å². The zero-order chi connectivity index (χ0) is 17.8. The van der Waals surface area contributed by atoms with Crippen LogP contribution in [0, 0.1) is 6.92 Å². The molecule has 0 saturated carbocycles. The molecule has 2 N–H and O–H groups in total. The van der Waals surface area contributed by atoms with Crippen LogP contribution in [0.2, 0.25) is 10.0 Å². The maximum atomic E-state index is 6.04. The van der Waals surface area contributed by atoms with E-state index in [-0.39, 0.29) is 0 Å². The molecule has 1 heterocycles. The second kappa shape index (κ2) is 7.87. The standard InChI is InChI=1S/C18H16Cl2N4S/c1-12-8-17(22-18(25)21-16-7-3-6-15(20)10-16)23-24(12)11-13-4-2-5-14(19)9-13/h2-10H,11H2,1H3,(H2,21,22,23,25). The molecule has 2 aromatic carbocycles. The van der Waals surface area contributed by atoms with E-state index >= 15 is 0 Å². The minimum absolute atomic E-state index is 0.453. The zero-order valence-electron chi connectivity index (χ0n) is 13.5. The number of aromatic nitrogens is 2. The van der Waals surface area contributed by atoms with Crippen LogP contribution in [0.25, 0.3) is 0 Å². The smallest absolute Gasteiger partial charge is 0.176 e. The third-order valence-electron chi connectivity index (χ3n) is 3.53. The highest BCUT2D eigenvalue weighted by atomic mass is 35.5. The summed E-state index contributed by atoms with van der Waals surface area (Å²) in [4.78, 5) is 0. The molecule has 0 bridgehead atoms. The third-order valence-corrected chi connectivity index (χ3v) is 4.20. The van der Waals surface area contributed by atoms with Gasteiger partial charge in [-0.2, -0.15) is 5.10 Å². The minimum Gasteiger partial charge on any atom is -0.332 e. The molecule has 3 rings (SSSR count). The average molecular weight is 391 g/mol. The van der Waals surface area contributed by atoms with E-state index in [2.05, 4.69) is 15.7 Å². The van der Waals surface area contributed by atoms with Gasteiger partial charge >= 0.3 is 0 Å². The molecule has 0 saturated heterocycles. The van der Waals surface area contributed by atoms with Crippen molar-refractivity contribution in [1.29, 1.82) is 0 Å². The Labute approximate surface area is 161 Å². The van der Waals surface area contributed by atoms with Gasteiger partial charge in [-0.3, -0.25) is 4.68 Å². The van der Waals surface area contributed by atoms with E-state index in [0.29, 0.717) is 27.5 Å². The van der Waals surface area contributed by atoms with Crippen LogP contribution in [0.3, 0.4) is 0 Å². The van der Waals surface area contributed by atoms with Gasteiger partial charge in [-0.15, -0.1) is 0 Å². The number of thiocarbonyl (C=S) groups is 1. The van der Waals surface area contributed by atoms with Crippen molar-refractivity contribution >= 4 is 52.0 Å². The first kappa shape index (κ1) is 17.7. The van der Waals surface area contributed by atoms with Crippen LogP contribution in [0.15, 0.2) is 54.6 Å². The predicted octanol–water partition coefficient (Wildman–Crippen LogP) is 5.36. The van der Waals surface area contributed by atoms with Gasteiger partial charge in [-0.25, -0.2) is 0 Å². The van der Waals surface area contributed by atoms with Crippen LogP contribution in [-0.4, -0.2) is 14.9 Å². The Kier molecular flexibility index (Phi) is 5.58. The van der Waals surface area contributed by atoms with Crippen molar-refractivity contribution < 1.29 is 0 Å². The fourth-order valence-corrected chi connectivity index (χ4v) is 3.01. The predicted molar refractivity (Wildman–Crippen MR) is 109 cm³/mol. The molecular weight excluding hydrogens is 375 g/mol. The molecule has 0 amide bonds. The molecule has 3 aromatic rings. The highest BCUT2D eigenvalue weighted by Crippen LogP contribution is 2.17. The molecule has 0 atom stereocenters. The number of halogens is 2. The topological polar surface area (TPSA) is 41.9 Å². The van der Waals surface area contributed by atoms with Gasteiger partial charge in [0.2, 0.25) is 0 Å². The monoisotopic (exact) mass is 390 g/mol. The van der Waals surface area contributed by atoms with Gasteiger partial charge in [0.25, 0.3) is 0 Å². The van der Waals surface area contributed by atoms with Crippen LogP contribution >= 0.6 is 35.4 Å². The second-order valence-electron chi connectivity index (χ2n) is 5.55. The lowest BCUT2D eigenvalue weighted by atomic mass is 10.2. The normalized spacial score (nSPS) is 10.5. The molecule has 25 heavy (non-hydrogen) atoms. The molecule has 7 heteroatoms. The number of aryl methyl sites for hydroxylation is 1. The molecule has 0 fully saturated rings. The number of nitrogens with zero attached hydrogens (tertiary/aromatic N) is 2. The van der Waals surface area contributed by atoms with Gasteiger partial charge in [0.1, 0.15) is 0 Å². The Bertz CT molecular complexity index is 908. The average Bonchev–Trinajstić information content (AvgIpc) is 2.86. The van der Waals surface area contributed by atoms with E-state index in [1.54, 1.807) is 6.07 Å². The highest BCUT2D eigenvalue weighted by molar-refractivity contribution is 7.80. The van der Waals surface area contributed by atoms with Crippen LogP contribution in [0.4, 0.5) is 11.5 Å². The van der Waals surface area contributed by atoms with Crippen molar-refractivity contribution in [2.75, 3.05) is 10.6 Å². The summed E-state index contributed by atoms with van der Waals surface area (Å²) >= 11 is 17.3. The van der Waals surface area contributed by atoms with E-state index in [9.17, 15) is 0 Å². The fraction of sp³-hybridized carbons (Fsp3) is 0.111. The van der Waals surface area contributed by atoms with Crippen LogP contribution < -0.4 is 10.6 Å². The molecule has 1 aromatic heterocycles. The molecule has 0 spiro atoms. The van der Waals surface area contributed by atoms with Crippen LogP contribution in [0.1, 0.15) is 11.3 Å². The Balaban J connectivity index is 1.66. The van der Waals surface area contributed by atoms with Gasteiger partial charge in [0.15, 0.2) is 10.9 Å². The van der Waals surface area contributed by atoms with Gasteiger partial charge in [-0.05, 0) is 55.0 Å². The molecule has 0 radical (unpaired) electrons. The first-order valence-electron chi connectivity index (χ1n) is 7.62. The third kappa shape index (κ3) is 4.95. The fourth-order valence-electron chi connectivity index (χ4n) is 2.38. The molecule has 0 unspecified atom stereocenters. The molecule has 4 nitrogen and oxygen atoms in total. The van der Waals surface area contributed by atoms with Crippen molar-refractivity contribution in [3.8, 4) is 0 Å². The lowest BCUT2D eigenvalue weighted by Gasteiger charge is -2.09.